The van der Waals surface area contributed by atoms with Crippen LogP contribution < -0.4 is 10.6 Å². The normalized spacial score (nSPS) is 12.2. The quantitative estimate of drug-likeness (QED) is 0.883. The lowest BCUT2D eigenvalue weighted by Crippen LogP contribution is -2.29. The van der Waals surface area contributed by atoms with E-state index in [0.29, 0.717) is 5.56 Å². The third kappa shape index (κ3) is 3.59. The lowest BCUT2D eigenvalue weighted by Gasteiger charge is -2.17. The summed E-state index contributed by atoms with van der Waals surface area (Å²) in [5.41, 5.74) is 1.45. The molecule has 2 N–H and O–H groups in total. The lowest BCUT2D eigenvalue weighted by atomic mass is 10.1. The fourth-order valence-corrected chi connectivity index (χ4v) is 2.14. The average Bonchev–Trinajstić information content (AvgIpc) is 2.85. The molecule has 1 aromatic carbocycles. The van der Waals surface area contributed by atoms with Gasteiger partial charge in [0, 0.05) is 18.8 Å². The Morgan fingerprint density at radius 3 is 2.57 bits per heavy atom. The van der Waals surface area contributed by atoms with Crippen LogP contribution in [0.25, 0.3) is 0 Å². The Hall–Kier alpha value is -2.37. The van der Waals surface area contributed by atoms with Crippen LogP contribution in [0.2, 0.25) is 0 Å². The fourth-order valence-electron chi connectivity index (χ4n) is 2.14. The van der Waals surface area contributed by atoms with E-state index in [1.807, 2.05) is 52.1 Å². The molecule has 0 aliphatic carbocycles. The molecule has 1 aromatic heterocycles. The molecule has 21 heavy (non-hydrogen) atoms. The first-order valence-electron chi connectivity index (χ1n) is 6.99. The Bertz CT molecular complexity index is 620. The van der Waals surface area contributed by atoms with Crippen molar-refractivity contribution in [3.05, 3.63) is 42.0 Å². The van der Waals surface area contributed by atoms with E-state index in [9.17, 15) is 4.79 Å². The second-order valence-electron chi connectivity index (χ2n) is 5.34. The number of amides is 1. The third-order valence-corrected chi connectivity index (χ3v) is 3.10. The fraction of sp³-hybridized carbons (Fsp3) is 0.400. The van der Waals surface area contributed by atoms with Gasteiger partial charge in [0.25, 0.3) is 5.91 Å². The first kappa shape index (κ1) is 15.0. The number of carbonyl (C=O) groups is 1. The Morgan fingerprint density at radius 2 is 1.95 bits per heavy atom. The highest BCUT2D eigenvalue weighted by Crippen LogP contribution is 2.17. The third-order valence-electron chi connectivity index (χ3n) is 3.10. The minimum atomic E-state index is -0.211. The molecule has 0 aliphatic heterocycles. The number of aryl methyl sites for hydroxylation is 1. The molecule has 112 valence electrons. The zero-order valence-electron chi connectivity index (χ0n) is 12.8. The van der Waals surface area contributed by atoms with Crippen molar-refractivity contribution in [3.8, 4) is 0 Å². The van der Waals surface area contributed by atoms with Gasteiger partial charge in [-0.3, -0.25) is 4.79 Å². The van der Waals surface area contributed by atoms with Gasteiger partial charge in [-0.15, -0.1) is 10.2 Å². The zero-order chi connectivity index (χ0) is 15.4. The Kier molecular flexibility index (Phi) is 4.57. The molecule has 6 nitrogen and oxygen atoms in total. The number of nitrogens with one attached hydrogen (secondary N) is 2. The number of rotatable bonds is 5. The van der Waals surface area contributed by atoms with Gasteiger partial charge in [-0.25, -0.2) is 0 Å². The van der Waals surface area contributed by atoms with Crippen LogP contribution in [0.4, 0.5) is 5.69 Å². The molecule has 1 unspecified atom stereocenters. The van der Waals surface area contributed by atoms with Crippen molar-refractivity contribution in [3.63, 3.8) is 0 Å². The van der Waals surface area contributed by atoms with Crippen molar-refractivity contribution in [1.29, 1.82) is 0 Å². The molecule has 0 saturated heterocycles. The van der Waals surface area contributed by atoms with E-state index in [-0.39, 0.29) is 18.0 Å². The van der Waals surface area contributed by atoms with E-state index in [4.69, 9.17) is 0 Å². The molecule has 0 aliphatic rings. The largest absolute Gasteiger partial charge is 0.382 e. The van der Waals surface area contributed by atoms with Gasteiger partial charge in [0.05, 0.1) is 11.6 Å². The molecule has 0 bridgehead atoms. The summed E-state index contributed by atoms with van der Waals surface area (Å²) in [6, 6.07) is 7.53. The minimum Gasteiger partial charge on any atom is -0.382 e. The first-order chi connectivity index (χ1) is 9.99. The smallest absolute Gasteiger partial charge is 0.253 e. The molecule has 0 fully saturated rings. The van der Waals surface area contributed by atoms with Gasteiger partial charge < -0.3 is 15.2 Å². The van der Waals surface area contributed by atoms with Crippen LogP contribution in [0.1, 0.15) is 43.0 Å². The predicted octanol–water partition coefficient (Wildman–Crippen LogP) is 2.13. The van der Waals surface area contributed by atoms with Gasteiger partial charge >= 0.3 is 0 Å². The van der Waals surface area contributed by atoms with Crippen LogP contribution in [-0.4, -0.2) is 26.7 Å². The summed E-state index contributed by atoms with van der Waals surface area (Å²) < 4.78 is 1.79. The molecular formula is C15H21N5O. The number of hydrogen-bond donors (Lipinski definition) is 2. The van der Waals surface area contributed by atoms with E-state index >= 15 is 0 Å². The minimum absolute atomic E-state index is 0.130. The van der Waals surface area contributed by atoms with Crippen LogP contribution in [0, 0.1) is 0 Å². The molecule has 2 rings (SSSR count). The first-order valence-corrected chi connectivity index (χ1v) is 6.99. The lowest BCUT2D eigenvalue weighted by molar-refractivity contribution is 0.0938. The molecule has 2 aromatic rings. The number of para-hydroxylation sites is 1. The van der Waals surface area contributed by atoms with Crippen LogP contribution in [-0.2, 0) is 7.05 Å². The van der Waals surface area contributed by atoms with Crippen LogP contribution in [0.3, 0.4) is 0 Å². The monoisotopic (exact) mass is 287 g/mol. The number of anilines is 1. The number of aromatic nitrogens is 3. The van der Waals surface area contributed by atoms with E-state index < -0.39 is 0 Å². The summed E-state index contributed by atoms with van der Waals surface area (Å²) in [6.07, 6.45) is 1.62. The van der Waals surface area contributed by atoms with Gasteiger partial charge in [-0.05, 0) is 32.9 Å². The van der Waals surface area contributed by atoms with Gasteiger partial charge in [0.2, 0.25) is 0 Å². The number of hydrogen-bond acceptors (Lipinski definition) is 4. The van der Waals surface area contributed by atoms with E-state index in [0.717, 1.165) is 11.5 Å². The van der Waals surface area contributed by atoms with Gasteiger partial charge in [-0.2, -0.15) is 0 Å². The SMILES string of the molecule is CC(C)Nc1ccccc1C(=O)NC(C)c1nncn1C. The van der Waals surface area contributed by atoms with Crippen molar-refractivity contribution < 1.29 is 4.79 Å². The van der Waals surface area contributed by atoms with Crippen molar-refractivity contribution in [1.82, 2.24) is 20.1 Å². The van der Waals surface area contributed by atoms with Crippen molar-refractivity contribution in [2.24, 2.45) is 7.05 Å². The molecule has 0 spiro atoms. The molecule has 1 atom stereocenters. The van der Waals surface area contributed by atoms with Crippen LogP contribution >= 0.6 is 0 Å². The van der Waals surface area contributed by atoms with Crippen LogP contribution in [0.15, 0.2) is 30.6 Å². The number of nitrogens with zero attached hydrogens (tertiary/aromatic N) is 3. The van der Waals surface area contributed by atoms with E-state index in [2.05, 4.69) is 20.8 Å². The summed E-state index contributed by atoms with van der Waals surface area (Å²) in [6.45, 7) is 5.97. The molecule has 0 radical (unpaired) electrons. The molecule has 0 saturated carbocycles. The van der Waals surface area contributed by atoms with Crippen molar-refractivity contribution >= 4 is 11.6 Å². The second kappa shape index (κ2) is 6.39. The Labute approximate surface area is 124 Å². The second-order valence-corrected chi connectivity index (χ2v) is 5.34. The summed E-state index contributed by atoms with van der Waals surface area (Å²) in [4.78, 5) is 12.5. The maximum atomic E-state index is 12.5. The van der Waals surface area contributed by atoms with E-state index in [1.54, 1.807) is 10.9 Å². The van der Waals surface area contributed by atoms with E-state index in [1.165, 1.54) is 0 Å². The van der Waals surface area contributed by atoms with Crippen molar-refractivity contribution in [2.75, 3.05) is 5.32 Å². The predicted molar refractivity (Wildman–Crippen MR) is 82.1 cm³/mol. The molecular weight excluding hydrogens is 266 g/mol. The average molecular weight is 287 g/mol. The zero-order valence-corrected chi connectivity index (χ0v) is 12.8. The highest BCUT2D eigenvalue weighted by molar-refractivity contribution is 5.99. The summed E-state index contributed by atoms with van der Waals surface area (Å²) in [5.74, 6) is 0.590. The van der Waals surface area contributed by atoms with Gasteiger partial charge in [0.15, 0.2) is 5.82 Å². The summed E-state index contributed by atoms with van der Waals surface area (Å²) in [7, 11) is 1.85. The molecule has 6 heteroatoms. The maximum absolute atomic E-state index is 12.5. The standard InChI is InChI=1S/C15H21N5O/c1-10(2)17-13-8-6-5-7-12(13)15(21)18-11(3)14-19-16-9-20(14)4/h5-11,17H,1-4H3,(H,18,21). The van der Waals surface area contributed by atoms with Gasteiger partial charge in [0.1, 0.15) is 6.33 Å². The Balaban J connectivity index is 2.15. The molecule has 1 heterocycles. The van der Waals surface area contributed by atoms with Gasteiger partial charge in [-0.1, -0.05) is 12.1 Å². The summed E-state index contributed by atoms with van der Waals surface area (Å²) >= 11 is 0. The Morgan fingerprint density at radius 1 is 1.24 bits per heavy atom. The number of benzene rings is 1. The highest BCUT2D eigenvalue weighted by Gasteiger charge is 2.17. The molecule has 1 amide bonds. The van der Waals surface area contributed by atoms with Crippen LogP contribution in [0.5, 0.6) is 0 Å². The van der Waals surface area contributed by atoms with Crippen molar-refractivity contribution in [2.45, 2.75) is 32.9 Å². The number of carbonyl (C=O) groups excluding carboxylic acids is 1. The maximum Gasteiger partial charge on any atom is 0.253 e. The highest BCUT2D eigenvalue weighted by atomic mass is 16.1. The topological polar surface area (TPSA) is 71.8 Å². The summed E-state index contributed by atoms with van der Waals surface area (Å²) in [5, 5.41) is 14.1.